The van der Waals surface area contributed by atoms with Crippen LogP contribution in [0.3, 0.4) is 0 Å². The Hall–Kier alpha value is -0.560. The lowest BCUT2D eigenvalue weighted by Crippen LogP contribution is -2.49. The fraction of sp³-hybridized carbons (Fsp3) is 1.00. The number of hydrogen-bond acceptors (Lipinski definition) is 0. The number of alkyl halides is 8. The Morgan fingerprint density at radius 1 is 0.867 bits per heavy atom. The van der Waals surface area contributed by atoms with Crippen molar-refractivity contribution in [1.29, 1.82) is 0 Å². The van der Waals surface area contributed by atoms with Crippen molar-refractivity contribution in [2.45, 2.75) is 44.0 Å². The van der Waals surface area contributed by atoms with Gasteiger partial charge in [0.1, 0.15) is 0 Å². The molecule has 0 fully saturated rings. The maximum atomic E-state index is 12.5. The maximum Gasteiger partial charge on any atom is 0.422 e. The van der Waals surface area contributed by atoms with Crippen LogP contribution in [0, 0.1) is 0 Å². The summed E-state index contributed by atoms with van der Waals surface area (Å²) in [6, 6.07) is 0. The minimum atomic E-state index is -5.77. The van der Waals surface area contributed by atoms with E-state index in [0.717, 1.165) is 6.92 Å². The molecule has 0 aliphatic heterocycles. The smallest absolute Gasteiger partial charge is 0.241 e. The van der Waals surface area contributed by atoms with E-state index in [0.29, 0.717) is 0 Å². The van der Waals surface area contributed by atoms with Gasteiger partial charge in [0.25, 0.3) is 0 Å². The van der Waals surface area contributed by atoms with E-state index >= 15 is 0 Å². The van der Waals surface area contributed by atoms with Gasteiger partial charge in [0, 0.05) is 0 Å². The quantitative estimate of drug-likeness (QED) is 0.662. The predicted octanol–water partition coefficient (Wildman–Crippen LogP) is 3.61. The standard InChI is InChI=1S/C7H8F8/c1-2-3(8)6(11,12)4(9)5(10)7(13,14)15/h3-5H,2H2,1H3/t3?,4?,5-/m0/s1. The summed E-state index contributed by atoms with van der Waals surface area (Å²) in [6.07, 6.45) is -18.4. The van der Waals surface area contributed by atoms with E-state index in [1.54, 1.807) is 0 Å². The SMILES string of the molecule is CCC(F)C(F)(F)C(F)[C@H](F)C(F)(F)F. The topological polar surface area (TPSA) is 0 Å². The molecule has 0 aliphatic rings. The van der Waals surface area contributed by atoms with E-state index < -0.39 is 37.0 Å². The first kappa shape index (κ1) is 14.4. The first-order chi connectivity index (χ1) is 6.55. The Morgan fingerprint density at radius 2 is 1.27 bits per heavy atom. The van der Waals surface area contributed by atoms with Gasteiger partial charge >= 0.3 is 12.1 Å². The molecular weight excluding hydrogens is 236 g/mol. The third-order valence-corrected chi connectivity index (χ3v) is 1.71. The highest BCUT2D eigenvalue weighted by molar-refractivity contribution is 4.91. The Kier molecular flexibility index (Phi) is 4.36. The molecule has 0 saturated carbocycles. The molecule has 2 unspecified atom stereocenters. The molecule has 8 heteroatoms. The molecule has 0 rings (SSSR count). The van der Waals surface area contributed by atoms with Gasteiger partial charge in [-0.15, -0.1) is 0 Å². The van der Waals surface area contributed by atoms with Crippen LogP contribution >= 0.6 is 0 Å². The monoisotopic (exact) mass is 244 g/mol. The average molecular weight is 244 g/mol. The van der Waals surface area contributed by atoms with Gasteiger partial charge in [0.2, 0.25) is 12.3 Å². The van der Waals surface area contributed by atoms with E-state index in [4.69, 9.17) is 0 Å². The van der Waals surface area contributed by atoms with Gasteiger partial charge in [-0.2, -0.15) is 13.2 Å². The predicted molar refractivity (Wildman–Crippen MR) is 36.0 cm³/mol. The molecule has 0 bridgehead atoms. The first-order valence-electron chi connectivity index (χ1n) is 3.91. The second-order valence-corrected chi connectivity index (χ2v) is 2.90. The molecular formula is C7H8F8. The van der Waals surface area contributed by atoms with Crippen LogP contribution in [0.25, 0.3) is 0 Å². The molecule has 15 heavy (non-hydrogen) atoms. The van der Waals surface area contributed by atoms with Crippen LogP contribution in [0.2, 0.25) is 0 Å². The van der Waals surface area contributed by atoms with Crippen molar-refractivity contribution in [1.82, 2.24) is 0 Å². The zero-order valence-electron chi connectivity index (χ0n) is 7.46. The Balaban J connectivity index is 4.76. The van der Waals surface area contributed by atoms with Gasteiger partial charge < -0.3 is 0 Å². The maximum absolute atomic E-state index is 12.5. The molecule has 3 atom stereocenters. The highest BCUT2D eigenvalue weighted by Crippen LogP contribution is 2.38. The largest absolute Gasteiger partial charge is 0.422 e. The van der Waals surface area contributed by atoms with Crippen LogP contribution < -0.4 is 0 Å². The summed E-state index contributed by atoms with van der Waals surface area (Å²) in [5.74, 6) is -4.98. The second-order valence-electron chi connectivity index (χ2n) is 2.90. The molecule has 0 N–H and O–H groups in total. The van der Waals surface area contributed by atoms with Crippen LogP contribution in [0.4, 0.5) is 35.1 Å². The van der Waals surface area contributed by atoms with Crippen molar-refractivity contribution in [3.63, 3.8) is 0 Å². The molecule has 0 radical (unpaired) electrons. The van der Waals surface area contributed by atoms with Crippen molar-refractivity contribution < 1.29 is 35.1 Å². The normalized spacial score (nSPS) is 19.8. The zero-order valence-corrected chi connectivity index (χ0v) is 7.46. The van der Waals surface area contributed by atoms with E-state index in [2.05, 4.69) is 0 Å². The van der Waals surface area contributed by atoms with Crippen LogP contribution in [-0.4, -0.2) is 30.6 Å². The number of halogens is 8. The summed E-state index contributed by atoms with van der Waals surface area (Å²) >= 11 is 0. The van der Waals surface area contributed by atoms with E-state index in [1.165, 1.54) is 0 Å². The molecule has 0 nitrogen and oxygen atoms in total. The Bertz CT molecular complexity index is 198. The molecule has 0 aromatic rings. The third-order valence-electron chi connectivity index (χ3n) is 1.71. The lowest BCUT2D eigenvalue weighted by Gasteiger charge is -2.26. The van der Waals surface area contributed by atoms with E-state index in [1.807, 2.05) is 0 Å². The molecule has 0 amide bonds. The lowest BCUT2D eigenvalue weighted by atomic mass is 10.0. The summed E-state index contributed by atoms with van der Waals surface area (Å²) in [6.45, 7) is 0.881. The fourth-order valence-electron chi connectivity index (χ4n) is 0.806. The Labute approximate surface area is 80.3 Å². The second kappa shape index (κ2) is 4.52. The van der Waals surface area contributed by atoms with Crippen LogP contribution in [0.5, 0.6) is 0 Å². The molecule has 92 valence electrons. The van der Waals surface area contributed by atoms with Gasteiger partial charge in [-0.05, 0) is 6.42 Å². The molecule has 0 saturated heterocycles. The van der Waals surface area contributed by atoms with Crippen LogP contribution in [0.15, 0.2) is 0 Å². The van der Waals surface area contributed by atoms with Crippen molar-refractivity contribution in [2.24, 2.45) is 0 Å². The first-order valence-corrected chi connectivity index (χ1v) is 3.91. The number of rotatable bonds is 4. The van der Waals surface area contributed by atoms with Gasteiger partial charge in [-0.3, -0.25) is 0 Å². The molecule has 0 spiro atoms. The van der Waals surface area contributed by atoms with Crippen molar-refractivity contribution >= 4 is 0 Å². The molecule has 0 heterocycles. The van der Waals surface area contributed by atoms with Gasteiger partial charge in [0.15, 0.2) is 6.17 Å². The van der Waals surface area contributed by atoms with Gasteiger partial charge in [-0.25, -0.2) is 22.0 Å². The number of hydrogen-bond donors (Lipinski definition) is 0. The van der Waals surface area contributed by atoms with Crippen molar-refractivity contribution in [3.05, 3.63) is 0 Å². The van der Waals surface area contributed by atoms with Crippen molar-refractivity contribution in [3.8, 4) is 0 Å². The highest BCUT2D eigenvalue weighted by Gasteiger charge is 2.59. The molecule has 0 aromatic carbocycles. The van der Waals surface area contributed by atoms with Gasteiger partial charge in [0.05, 0.1) is 0 Å². The summed E-state index contributed by atoms with van der Waals surface area (Å²) < 4.78 is 96.5. The minimum Gasteiger partial charge on any atom is -0.241 e. The van der Waals surface area contributed by atoms with Crippen LogP contribution in [0.1, 0.15) is 13.3 Å². The fourth-order valence-corrected chi connectivity index (χ4v) is 0.806. The summed E-state index contributed by atoms with van der Waals surface area (Å²) in [5.41, 5.74) is 0. The summed E-state index contributed by atoms with van der Waals surface area (Å²) in [4.78, 5) is 0. The Morgan fingerprint density at radius 3 is 1.53 bits per heavy atom. The van der Waals surface area contributed by atoms with Crippen LogP contribution in [-0.2, 0) is 0 Å². The third kappa shape index (κ3) is 3.20. The minimum absolute atomic E-state index is 0.881. The van der Waals surface area contributed by atoms with Crippen molar-refractivity contribution in [2.75, 3.05) is 0 Å². The molecule has 0 aromatic heterocycles. The van der Waals surface area contributed by atoms with E-state index in [-0.39, 0.29) is 0 Å². The van der Waals surface area contributed by atoms with Gasteiger partial charge in [-0.1, -0.05) is 6.92 Å². The van der Waals surface area contributed by atoms with E-state index in [9.17, 15) is 35.1 Å². The summed E-state index contributed by atoms with van der Waals surface area (Å²) in [7, 11) is 0. The summed E-state index contributed by atoms with van der Waals surface area (Å²) in [5, 5.41) is 0. The highest BCUT2D eigenvalue weighted by atomic mass is 19.4. The average Bonchev–Trinajstić information content (AvgIpc) is 2.12. The zero-order chi connectivity index (χ0) is 12.4. The molecule has 0 aliphatic carbocycles. The lowest BCUT2D eigenvalue weighted by molar-refractivity contribution is -0.236.